The summed E-state index contributed by atoms with van der Waals surface area (Å²) < 4.78 is 0. The molecule has 2 aromatic heterocycles. The van der Waals surface area contributed by atoms with Gasteiger partial charge in [0.25, 0.3) is 0 Å². The number of carbonyl (C=O) groups is 1. The third-order valence-corrected chi connectivity index (χ3v) is 5.23. The molecule has 0 aliphatic heterocycles. The van der Waals surface area contributed by atoms with E-state index in [-0.39, 0.29) is 5.91 Å². The number of anilines is 1. The summed E-state index contributed by atoms with van der Waals surface area (Å²) in [5.74, 6) is 0.00956. The summed E-state index contributed by atoms with van der Waals surface area (Å²) in [6, 6.07) is 21.7. The van der Waals surface area contributed by atoms with Gasteiger partial charge in [-0.05, 0) is 36.2 Å². The first-order chi connectivity index (χ1) is 13.8. The van der Waals surface area contributed by atoms with E-state index in [0.29, 0.717) is 6.42 Å². The van der Waals surface area contributed by atoms with Crippen molar-refractivity contribution in [3.05, 3.63) is 90.1 Å². The monoisotopic (exact) mass is 385 g/mol. The van der Waals surface area contributed by atoms with Crippen molar-refractivity contribution in [1.82, 2.24) is 9.97 Å². The number of nitrogens with one attached hydrogen (secondary N) is 1. The van der Waals surface area contributed by atoms with Crippen molar-refractivity contribution in [1.29, 1.82) is 0 Å². The first-order valence-electron chi connectivity index (χ1n) is 9.08. The zero-order valence-corrected chi connectivity index (χ0v) is 16.0. The third kappa shape index (κ3) is 4.50. The van der Waals surface area contributed by atoms with Gasteiger partial charge in [-0.3, -0.25) is 9.78 Å². The second-order valence-electron chi connectivity index (χ2n) is 6.39. The molecule has 0 radical (unpaired) electrons. The van der Waals surface area contributed by atoms with Gasteiger partial charge in [0.2, 0.25) is 5.91 Å². The van der Waals surface area contributed by atoms with Gasteiger partial charge in [-0.25, -0.2) is 4.98 Å². The van der Waals surface area contributed by atoms with E-state index in [1.807, 2.05) is 78.3 Å². The number of hydrogen-bond acceptors (Lipinski definition) is 4. The van der Waals surface area contributed by atoms with Gasteiger partial charge in [0.05, 0.1) is 5.69 Å². The summed E-state index contributed by atoms with van der Waals surface area (Å²) >= 11 is 1.58. The van der Waals surface area contributed by atoms with Gasteiger partial charge in [0.1, 0.15) is 5.01 Å². The Morgan fingerprint density at radius 1 is 0.964 bits per heavy atom. The van der Waals surface area contributed by atoms with Crippen LogP contribution in [0.1, 0.15) is 12.0 Å². The lowest BCUT2D eigenvalue weighted by molar-refractivity contribution is -0.116. The molecule has 4 aromatic rings. The Hall–Kier alpha value is -3.31. The predicted octanol–water partition coefficient (Wildman–Crippen LogP) is 5.44. The SMILES string of the molecule is O=C(CCc1ccccc1)Nc1cccc(-c2csc(-c3cccnc3)n2)c1. The van der Waals surface area contributed by atoms with E-state index < -0.39 is 0 Å². The zero-order valence-electron chi connectivity index (χ0n) is 15.2. The van der Waals surface area contributed by atoms with Crippen LogP contribution in [0.25, 0.3) is 21.8 Å². The number of thiazole rings is 1. The Morgan fingerprint density at radius 2 is 1.82 bits per heavy atom. The van der Waals surface area contributed by atoms with Crippen molar-refractivity contribution < 1.29 is 4.79 Å². The second kappa shape index (κ2) is 8.59. The van der Waals surface area contributed by atoms with Crippen molar-refractivity contribution in [3.63, 3.8) is 0 Å². The highest BCUT2D eigenvalue weighted by Gasteiger charge is 2.09. The number of rotatable bonds is 6. The van der Waals surface area contributed by atoms with E-state index in [9.17, 15) is 4.79 Å². The van der Waals surface area contributed by atoms with Gasteiger partial charge in [0.15, 0.2) is 0 Å². The van der Waals surface area contributed by atoms with E-state index in [2.05, 4.69) is 10.3 Å². The quantitative estimate of drug-likeness (QED) is 0.481. The normalized spacial score (nSPS) is 10.6. The van der Waals surface area contributed by atoms with E-state index in [1.54, 1.807) is 17.5 Å². The molecule has 1 N–H and O–H groups in total. The average molecular weight is 385 g/mol. The highest BCUT2D eigenvalue weighted by Crippen LogP contribution is 2.29. The topological polar surface area (TPSA) is 54.9 Å². The highest BCUT2D eigenvalue weighted by atomic mass is 32.1. The molecular formula is C23H19N3OS. The molecular weight excluding hydrogens is 366 g/mol. The Balaban J connectivity index is 1.43. The lowest BCUT2D eigenvalue weighted by Gasteiger charge is -2.07. The van der Waals surface area contributed by atoms with Gasteiger partial charge in [0, 0.05) is 41.0 Å². The first-order valence-corrected chi connectivity index (χ1v) is 9.96. The summed E-state index contributed by atoms with van der Waals surface area (Å²) in [7, 11) is 0. The standard InChI is InChI=1S/C23H19N3OS/c27-22(12-11-17-6-2-1-3-7-17)25-20-10-4-8-18(14-20)21-16-28-23(26-21)19-9-5-13-24-15-19/h1-10,13-16H,11-12H2,(H,25,27). The lowest BCUT2D eigenvalue weighted by Crippen LogP contribution is -2.12. The van der Waals surface area contributed by atoms with Gasteiger partial charge in [-0.15, -0.1) is 11.3 Å². The molecule has 0 aliphatic carbocycles. The molecule has 1 amide bonds. The van der Waals surface area contributed by atoms with E-state index >= 15 is 0 Å². The lowest BCUT2D eigenvalue weighted by atomic mass is 10.1. The third-order valence-electron chi connectivity index (χ3n) is 4.34. The molecule has 4 nitrogen and oxygen atoms in total. The highest BCUT2D eigenvalue weighted by molar-refractivity contribution is 7.13. The number of nitrogens with zero attached hydrogens (tertiary/aromatic N) is 2. The molecule has 2 heterocycles. The fourth-order valence-corrected chi connectivity index (χ4v) is 3.73. The van der Waals surface area contributed by atoms with Crippen LogP contribution in [0.15, 0.2) is 84.5 Å². The average Bonchev–Trinajstić information content (AvgIpc) is 3.24. The fraction of sp³-hybridized carbons (Fsp3) is 0.0870. The van der Waals surface area contributed by atoms with Crippen LogP contribution < -0.4 is 5.32 Å². The van der Waals surface area contributed by atoms with Crippen LogP contribution in [0.3, 0.4) is 0 Å². The molecule has 0 bridgehead atoms. The second-order valence-corrected chi connectivity index (χ2v) is 7.25. The van der Waals surface area contributed by atoms with E-state index in [0.717, 1.165) is 39.5 Å². The molecule has 0 saturated carbocycles. The Kier molecular flexibility index (Phi) is 5.54. The van der Waals surface area contributed by atoms with Gasteiger partial charge < -0.3 is 5.32 Å². The first kappa shape index (κ1) is 18.1. The molecule has 2 aromatic carbocycles. The van der Waals surface area contributed by atoms with Crippen molar-refractivity contribution in [2.24, 2.45) is 0 Å². The van der Waals surface area contributed by atoms with E-state index in [4.69, 9.17) is 4.98 Å². The molecule has 0 fully saturated rings. The minimum atomic E-state index is 0.00956. The number of pyridine rings is 1. The zero-order chi connectivity index (χ0) is 19.2. The molecule has 5 heteroatoms. The van der Waals surface area contributed by atoms with Crippen molar-refractivity contribution >= 4 is 22.9 Å². The van der Waals surface area contributed by atoms with Gasteiger partial charge in [-0.2, -0.15) is 0 Å². The maximum absolute atomic E-state index is 12.3. The van der Waals surface area contributed by atoms with Crippen LogP contribution >= 0.6 is 11.3 Å². The van der Waals surface area contributed by atoms with Crippen LogP contribution in [-0.4, -0.2) is 15.9 Å². The molecule has 138 valence electrons. The number of benzene rings is 2. The smallest absolute Gasteiger partial charge is 0.224 e. The number of hydrogen-bond donors (Lipinski definition) is 1. The molecule has 0 saturated heterocycles. The predicted molar refractivity (Wildman–Crippen MR) is 114 cm³/mol. The fourth-order valence-electron chi connectivity index (χ4n) is 2.91. The van der Waals surface area contributed by atoms with E-state index in [1.165, 1.54) is 0 Å². The van der Waals surface area contributed by atoms with Gasteiger partial charge >= 0.3 is 0 Å². The van der Waals surface area contributed by atoms with Crippen LogP contribution in [0.4, 0.5) is 5.69 Å². The largest absolute Gasteiger partial charge is 0.326 e. The summed E-state index contributed by atoms with van der Waals surface area (Å²) in [6.45, 7) is 0. The Morgan fingerprint density at radius 3 is 2.64 bits per heavy atom. The minimum absolute atomic E-state index is 0.00956. The van der Waals surface area contributed by atoms with Crippen molar-refractivity contribution in [2.75, 3.05) is 5.32 Å². The molecule has 0 unspecified atom stereocenters. The maximum Gasteiger partial charge on any atom is 0.224 e. The summed E-state index contributed by atoms with van der Waals surface area (Å²) in [4.78, 5) is 21.2. The number of carbonyl (C=O) groups excluding carboxylic acids is 1. The number of aromatic nitrogens is 2. The van der Waals surface area contributed by atoms with Crippen LogP contribution in [-0.2, 0) is 11.2 Å². The van der Waals surface area contributed by atoms with Crippen molar-refractivity contribution in [2.45, 2.75) is 12.8 Å². The summed E-state index contributed by atoms with van der Waals surface area (Å²) in [5, 5.41) is 5.94. The van der Waals surface area contributed by atoms with Crippen LogP contribution in [0.5, 0.6) is 0 Å². The number of aryl methyl sites for hydroxylation is 1. The number of amides is 1. The maximum atomic E-state index is 12.3. The molecule has 0 atom stereocenters. The summed E-state index contributed by atoms with van der Waals surface area (Å²) in [5.41, 5.74) is 4.82. The Labute approximate surface area is 167 Å². The Bertz CT molecular complexity index is 1060. The minimum Gasteiger partial charge on any atom is -0.326 e. The van der Waals surface area contributed by atoms with Crippen LogP contribution in [0.2, 0.25) is 0 Å². The van der Waals surface area contributed by atoms with Gasteiger partial charge in [-0.1, -0.05) is 42.5 Å². The van der Waals surface area contributed by atoms with Crippen molar-refractivity contribution in [3.8, 4) is 21.8 Å². The summed E-state index contributed by atoms with van der Waals surface area (Å²) in [6.07, 6.45) is 4.75. The van der Waals surface area contributed by atoms with Crippen LogP contribution in [0, 0.1) is 0 Å². The molecule has 28 heavy (non-hydrogen) atoms. The molecule has 4 rings (SSSR count). The molecule has 0 spiro atoms. The molecule has 0 aliphatic rings.